The number of ether oxygens (including phenoxy) is 1. The summed E-state index contributed by atoms with van der Waals surface area (Å²) >= 11 is 0. The number of carbonyl (C=O) groups excluding carboxylic acids is 1. The summed E-state index contributed by atoms with van der Waals surface area (Å²) in [5, 5.41) is 4.02. The summed E-state index contributed by atoms with van der Waals surface area (Å²) in [5.74, 6) is 0.333. The summed E-state index contributed by atoms with van der Waals surface area (Å²) in [6.07, 6.45) is 4.63. The van der Waals surface area contributed by atoms with Crippen LogP contribution in [0.15, 0.2) is 60.0 Å². The lowest BCUT2D eigenvalue weighted by molar-refractivity contribution is 0.0950. The van der Waals surface area contributed by atoms with Crippen molar-refractivity contribution < 1.29 is 9.53 Å². The third-order valence-corrected chi connectivity index (χ3v) is 3.88. The molecule has 6 nitrogen and oxygen atoms in total. The van der Waals surface area contributed by atoms with Crippen LogP contribution in [-0.4, -0.2) is 29.2 Å². The molecule has 0 aliphatic heterocycles. The van der Waals surface area contributed by atoms with Crippen molar-refractivity contribution in [1.82, 2.24) is 15.4 Å². The van der Waals surface area contributed by atoms with Gasteiger partial charge in [-0.15, -0.1) is 0 Å². The number of amides is 1. The van der Waals surface area contributed by atoms with E-state index >= 15 is 0 Å². The Balaban J connectivity index is 1.72. The van der Waals surface area contributed by atoms with Crippen molar-refractivity contribution in [1.29, 1.82) is 0 Å². The summed E-state index contributed by atoms with van der Waals surface area (Å²) in [7, 11) is 1.61. The number of hydrazone groups is 1. The average Bonchev–Trinajstić information content (AvgIpc) is 2.67. The number of carbonyl (C=O) groups is 1. The van der Waals surface area contributed by atoms with Gasteiger partial charge in [-0.1, -0.05) is 29.3 Å². The minimum Gasteiger partial charge on any atom is -0.497 e. The summed E-state index contributed by atoms with van der Waals surface area (Å²) < 4.78 is 5.15. The van der Waals surface area contributed by atoms with Gasteiger partial charge < -0.3 is 4.74 Å². The first kappa shape index (κ1) is 18.3. The molecule has 3 aromatic rings. The zero-order valence-electron chi connectivity index (χ0n) is 15.4. The lowest BCUT2D eigenvalue weighted by Gasteiger charge is -2.05. The molecule has 0 radical (unpaired) electrons. The first-order chi connectivity index (χ1) is 13.0. The van der Waals surface area contributed by atoms with Gasteiger partial charge in [0.15, 0.2) is 0 Å². The summed E-state index contributed by atoms with van der Waals surface area (Å²) in [6, 6.07) is 13.5. The van der Waals surface area contributed by atoms with E-state index in [0.717, 1.165) is 28.0 Å². The molecule has 1 aromatic heterocycles. The highest BCUT2D eigenvalue weighted by atomic mass is 16.5. The Kier molecular flexibility index (Phi) is 5.56. The van der Waals surface area contributed by atoms with Crippen molar-refractivity contribution in [3.63, 3.8) is 0 Å². The van der Waals surface area contributed by atoms with Crippen LogP contribution in [0, 0.1) is 13.8 Å². The quantitative estimate of drug-likeness (QED) is 0.558. The van der Waals surface area contributed by atoms with Crippen molar-refractivity contribution in [3.05, 3.63) is 77.2 Å². The second kappa shape index (κ2) is 8.23. The van der Waals surface area contributed by atoms with Crippen LogP contribution in [0.3, 0.4) is 0 Å². The van der Waals surface area contributed by atoms with Crippen LogP contribution in [0.1, 0.15) is 27.2 Å². The molecule has 0 spiro atoms. The summed E-state index contributed by atoms with van der Waals surface area (Å²) in [6.45, 7) is 4.03. The molecule has 1 amide bonds. The number of aromatic nitrogens is 2. The molecule has 0 saturated carbocycles. The van der Waals surface area contributed by atoms with Gasteiger partial charge in [0, 0.05) is 5.56 Å². The molecule has 27 heavy (non-hydrogen) atoms. The fourth-order valence-corrected chi connectivity index (χ4v) is 2.68. The lowest BCUT2D eigenvalue weighted by Crippen LogP contribution is -2.19. The fraction of sp³-hybridized carbons (Fsp3) is 0.143. The van der Waals surface area contributed by atoms with E-state index in [9.17, 15) is 4.79 Å². The molecule has 0 aliphatic rings. The third kappa shape index (κ3) is 4.76. The number of rotatable bonds is 5. The van der Waals surface area contributed by atoms with Gasteiger partial charge in [0.2, 0.25) is 0 Å². The van der Waals surface area contributed by atoms with E-state index in [-0.39, 0.29) is 5.69 Å². The summed E-state index contributed by atoms with van der Waals surface area (Å²) in [5.41, 5.74) is 7.33. The molecule has 6 heteroatoms. The van der Waals surface area contributed by atoms with Crippen LogP contribution in [0.5, 0.6) is 5.75 Å². The Bertz CT molecular complexity index is 961. The van der Waals surface area contributed by atoms with Crippen LogP contribution in [0.2, 0.25) is 0 Å². The van der Waals surface area contributed by atoms with Crippen LogP contribution < -0.4 is 10.2 Å². The topological polar surface area (TPSA) is 76.5 Å². The highest BCUT2D eigenvalue weighted by Gasteiger charge is 2.09. The molecule has 0 aliphatic carbocycles. The van der Waals surface area contributed by atoms with Crippen molar-refractivity contribution >= 4 is 12.1 Å². The predicted molar refractivity (Wildman–Crippen MR) is 105 cm³/mol. The maximum Gasteiger partial charge on any atom is 0.291 e. The summed E-state index contributed by atoms with van der Waals surface area (Å²) in [4.78, 5) is 20.8. The largest absolute Gasteiger partial charge is 0.497 e. The van der Waals surface area contributed by atoms with Crippen molar-refractivity contribution in [2.45, 2.75) is 13.8 Å². The number of aryl methyl sites for hydroxylation is 2. The highest BCUT2D eigenvalue weighted by molar-refractivity contribution is 5.93. The maximum atomic E-state index is 12.3. The van der Waals surface area contributed by atoms with Gasteiger partial charge in [-0.2, -0.15) is 5.10 Å². The monoisotopic (exact) mass is 360 g/mol. The third-order valence-electron chi connectivity index (χ3n) is 3.88. The van der Waals surface area contributed by atoms with Gasteiger partial charge in [-0.3, -0.25) is 9.78 Å². The number of methoxy groups -OCH3 is 1. The van der Waals surface area contributed by atoms with Gasteiger partial charge in [0.05, 0.1) is 31.4 Å². The normalized spacial score (nSPS) is 10.8. The fourth-order valence-electron chi connectivity index (χ4n) is 2.68. The second-order valence-electron chi connectivity index (χ2n) is 6.14. The van der Waals surface area contributed by atoms with Gasteiger partial charge in [-0.25, -0.2) is 10.4 Å². The van der Waals surface area contributed by atoms with E-state index in [1.54, 1.807) is 19.5 Å². The van der Waals surface area contributed by atoms with E-state index in [0.29, 0.717) is 5.69 Å². The van der Waals surface area contributed by atoms with Gasteiger partial charge >= 0.3 is 0 Å². The van der Waals surface area contributed by atoms with E-state index in [1.807, 2.05) is 50.2 Å². The molecular weight excluding hydrogens is 340 g/mol. The Morgan fingerprint density at radius 3 is 2.44 bits per heavy atom. The molecule has 2 aromatic carbocycles. The Labute approximate surface area is 157 Å². The van der Waals surface area contributed by atoms with E-state index < -0.39 is 5.91 Å². The zero-order chi connectivity index (χ0) is 19.2. The highest BCUT2D eigenvalue weighted by Crippen LogP contribution is 2.20. The molecule has 136 valence electrons. The minimum absolute atomic E-state index is 0.195. The average molecular weight is 360 g/mol. The number of nitrogens with zero attached hydrogens (tertiary/aromatic N) is 3. The molecular formula is C21H20N4O2. The van der Waals surface area contributed by atoms with E-state index in [1.165, 1.54) is 6.20 Å². The smallest absolute Gasteiger partial charge is 0.291 e. The minimum atomic E-state index is -0.418. The maximum absolute atomic E-state index is 12.3. The van der Waals surface area contributed by atoms with Crippen molar-refractivity contribution in [2.75, 3.05) is 7.11 Å². The van der Waals surface area contributed by atoms with Crippen molar-refractivity contribution in [2.24, 2.45) is 5.10 Å². The molecule has 0 fully saturated rings. The van der Waals surface area contributed by atoms with Crippen LogP contribution in [0.25, 0.3) is 11.3 Å². The van der Waals surface area contributed by atoms with Crippen LogP contribution in [-0.2, 0) is 0 Å². The molecule has 0 atom stereocenters. The number of nitrogens with one attached hydrogen (secondary N) is 1. The molecule has 1 heterocycles. The molecule has 0 bridgehead atoms. The lowest BCUT2D eigenvalue weighted by atomic mass is 10.1. The Morgan fingerprint density at radius 2 is 1.78 bits per heavy atom. The standard InChI is InChI=1S/C21H20N4O2/c1-14-8-15(2)10-16(9-14)11-23-25-21(26)20-13-22-12-19(24-20)17-4-6-18(27-3)7-5-17/h4-13H,1-3H3,(H,25,26)/b23-11+. The van der Waals surface area contributed by atoms with E-state index in [2.05, 4.69) is 26.6 Å². The van der Waals surface area contributed by atoms with Gasteiger partial charge in [0.1, 0.15) is 11.4 Å². The zero-order valence-corrected chi connectivity index (χ0v) is 15.4. The first-order valence-electron chi connectivity index (χ1n) is 8.43. The SMILES string of the molecule is COc1ccc(-c2cncc(C(=O)N/N=C/c3cc(C)cc(C)c3)n2)cc1. The van der Waals surface area contributed by atoms with Crippen molar-refractivity contribution in [3.8, 4) is 17.0 Å². The number of hydrogen-bond acceptors (Lipinski definition) is 5. The van der Waals surface area contributed by atoms with Gasteiger partial charge in [-0.05, 0) is 43.7 Å². The van der Waals surface area contributed by atoms with E-state index in [4.69, 9.17) is 4.74 Å². The van der Waals surface area contributed by atoms with Gasteiger partial charge in [0.25, 0.3) is 5.91 Å². The molecule has 3 rings (SSSR count). The molecule has 1 N–H and O–H groups in total. The number of hydrogen-bond donors (Lipinski definition) is 1. The molecule has 0 saturated heterocycles. The first-order valence-corrected chi connectivity index (χ1v) is 8.43. The van der Waals surface area contributed by atoms with Crippen LogP contribution in [0.4, 0.5) is 0 Å². The second-order valence-corrected chi connectivity index (χ2v) is 6.14. The predicted octanol–water partition coefficient (Wildman–Crippen LogP) is 3.53. The number of benzene rings is 2. The Hall–Kier alpha value is -3.54. The van der Waals surface area contributed by atoms with Crippen LogP contribution >= 0.6 is 0 Å². The molecule has 0 unspecified atom stereocenters. The Morgan fingerprint density at radius 1 is 1.07 bits per heavy atom.